The summed E-state index contributed by atoms with van der Waals surface area (Å²) in [6.07, 6.45) is 15.4. The molecule has 0 amide bonds. The molecule has 1 saturated heterocycles. The quantitative estimate of drug-likeness (QED) is 0.337. The molecule has 7 rings (SSSR count). The van der Waals surface area contributed by atoms with Crippen molar-refractivity contribution in [3.63, 3.8) is 0 Å². The summed E-state index contributed by atoms with van der Waals surface area (Å²) in [5, 5.41) is 13.6. The predicted molar refractivity (Wildman–Crippen MR) is 178 cm³/mol. The third-order valence-electron chi connectivity index (χ3n) is 15.5. The average molecular weight is 621 g/mol. The van der Waals surface area contributed by atoms with Gasteiger partial charge in [0.25, 0.3) is 0 Å². The lowest BCUT2D eigenvalue weighted by molar-refractivity contribution is -0.217. The summed E-state index contributed by atoms with van der Waals surface area (Å²) in [5.74, 6) is 0.938. The summed E-state index contributed by atoms with van der Waals surface area (Å²) < 4.78 is 20.4. The maximum absolute atomic E-state index is 14.8. The molecular formula is C39H57FN2O3. The molecule has 5 nitrogen and oxygen atoms in total. The largest absolute Gasteiger partial charge is 0.478 e. The van der Waals surface area contributed by atoms with Crippen molar-refractivity contribution in [1.82, 2.24) is 10.2 Å². The average Bonchev–Trinajstić information content (AvgIpc) is 3.42. The smallest absolute Gasteiger partial charge is 0.338 e. The number of hydrogen-bond acceptors (Lipinski definition) is 4. The van der Waals surface area contributed by atoms with E-state index < -0.39 is 11.8 Å². The monoisotopic (exact) mass is 620 g/mol. The number of hydrogen-bond donors (Lipinski definition) is 2. The molecule has 6 aliphatic rings. The van der Waals surface area contributed by atoms with Crippen LogP contribution in [0.5, 0.6) is 0 Å². The van der Waals surface area contributed by atoms with Crippen LogP contribution in [0.15, 0.2) is 24.3 Å². The fraction of sp³-hybridized carbons (Fsp3) is 0.769. The molecule has 1 aliphatic heterocycles. The van der Waals surface area contributed by atoms with Crippen molar-refractivity contribution < 1.29 is 19.0 Å². The van der Waals surface area contributed by atoms with Crippen LogP contribution < -0.4 is 5.32 Å². The first-order valence-electron chi connectivity index (χ1n) is 18.1. The van der Waals surface area contributed by atoms with Crippen molar-refractivity contribution >= 4 is 11.5 Å². The molecule has 4 saturated carbocycles. The van der Waals surface area contributed by atoms with Gasteiger partial charge in [-0.3, -0.25) is 4.90 Å². The van der Waals surface area contributed by atoms with Crippen LogP contribution in [0.2, 0.25) is 0 Å². The standard InChI is InChI=1S/C39H57FN2O3/c1-35(2)28(26-8-9-27(34(43)44)31(40)25-26)12-15-36(3)32(35)13-16-38(5)33(36)11-10-29-30-7-6-14-39(30,18-17-37(29,38)4)41-19-20-42-21-23-45-24-22-42/h8-9,12,25,29-30,32-33,41H,6-7,10-11,13-24H2,1-5H3,(H,43,44)/t29?,30?,32?,33?,36?,37-,38-,39+/m1/s1. The van der Waals surface area contributed by atoms with Crippen LogP contribution in [0.4, 0.5) is 4.39 Å². The third kappa shape index (κ3) is 4.73. The molecule has 1 heterocycles. The summed E-state index contributed by atoms with van der Waals surface area (Å²) in [6.45, 7) is 18.9. The van der Waals surface area contributed by atoms with Crippen LogP contribution in [-0.2, 0) is 4.74 Å². The SMILES string of the molecule is CC1(C)C(c2ccc(C(=O)O)c(F)c2)=CCC2(C)C1CC[C@]1(C)C2CCC2C3CCC[C@]3(NCCN3CCOCC3)CC[C@]21C. The highest BCUT2D eigenvalue weighted by Crippen LogP contribution is 2.76. The van der Waals surface area contributed by atoms with Crippen molar-refractivity contribution in [3.8, 4) is 0 Å². The summed E-state index contributed by atoms with van der Waals surface area (Å²) in [5.41, 5.74) is 2.90. The Morgan fingerprint density at radius 2 is 1.73 bits per heavy atom. The van der Waals surface area contributed by atoms with Crippen LogP contribution in [0.25, 0.3) is 5.57 Å². The fourth-order valence-corrected chi connectivity index (χ4v) is 13.1. The molecule has 8 atom stereocenters. The van der Waals surface area contributed by atoms with E-state index in [9.17, 15) is 14.3 Å². The molecule has 0 radical (unpaired) electrons. The molecule has 1 aromatic rings. The lowest BCUT2D eigenvalue weighted by atomic mass is 9.33. The number of aromatic carboxylic acids is 1. The Hall–Kier alpha value is -1.76. The number of allylic oxidation sites excluding steroid dienone is 2. The van der Waals surface area contributed by atoms with E-state index in [2.05, 4.69) is 50.9 Å². The number of fused-ring (bicyclic) bond motifs is 7. The molecule has 2 N–H and O–H groups in total. The lowest BCUT2D eigenvalue weighted by Gasteiger charge is -2.72. The Morgan fingerprint density at radius 1 is 0.956 bits per heavy atom. The van der Waals surface area contributed by atoms with E-state index in [0.717, 1.165) is 63.2 Å². The third-order valence-corrected chi connectivity index (χ3v) is 15.5. The van der Waals surface area contributed by atoms with Gasteiger partial charge in [-0.25, -0.2) is 9.18 Å². The van der Waals surface area contributed by atoms with Gasteiger partial charge in [0.05, 0.1) is 18.8 Å². The second-order valence-electron chi connectivity index (χ2n) is 17.2. The van der Waals surface area contributed by atoms with E-state index >= 15 is 0 Å². The van der Waals surface area contributed by atoms with E-state index in [1.807, 2.05) is 6.07 Å². The number of halogens is 1. The minimum atomic E-state index is -1.21. The van der Waals surface area contributed by atoms with Crippen molar-refractivity contribution in [1.29, 1.82) is 0 Å². The van der Waals surface area contributed by atoms with Gasteiger partial charge in [-0.1, -0.05) is 53.2 Å². The second kappa shape index (κ2) is 11.2. The molecule has 45 heavy (non-hydrogen) atoms. The number of benzene rings is 1. The topological polar surface area (TPSA) is 61.8 Å². The number of nitrogens with one attached hydrogen (secondary N) is 1. The minimum absolute atomic E-state index is 0.110. The molecule has 0 spiro atoms. The van der Waals surface area contributed by atoms with E-state index in [1.54, 1.807) is 0 Å². The van der Waals surface area contributed by atoms with Gasteiger partial charge in [-0.15, -0.1) is 0 Å². The van der Waals surface area contributed by atoms with Crippen LogP contribution in [-0.4, -0.2) is 60.9 Å². The molecule has 5 fully saturated rings. The number of rotatable bonds is 6. The first-order valence-corrected chi connectivity index (χ1v) is 18.1. The zero-order valence-corrected chi connectivity index (χ0v) is 28.5. The van der Waals surface area contributed by atoms with Gasteiger partial charge in [0, 0.05) is 31.7 Å². The summed E-state index contributed by atoms with van der Waals surface area (Å²) in [7, 11) is 0. The highest BCUT2D eigenvalue weighted by atomic mass is 19.1. The van der Waals surface area contributed by atoms with Crippen molar-refractivity contribution in [2.45, 2.75) is 104 Å². The number of carbonyl (C=O) groups is 1. The fourth-order valence-electron chi connectivity index (χ4n) is 13.1. The molecule has 5 unspecified atom stereocenters. The van der Waals surface area contributed by atoms with Gasteiger partial charge in [0.1, 0.15) is 5.82 Å². The van der Waals surface area contributed by atoms with E-state index in [1.165, 1.54) is 75.5 Å². The van der Waals surface area contributed by atoms with Crippen LogP contribution in [0.3, 0.4) is 0 Å². The molecule has 6 heteroatoms. The Kier molecular flexibility index (Phi) is 7.89. The van der Waals surface area contributed by atoms with E-state index in [4.69, 9.17) is 4.74 Å². The first kappa shape index (κ1) is 31.8. The zero-order valence-electron chi connectivity index (χ0n) is 28.5. The Morgan fingerprint density at radius 3 is 2.47 bits per heavy atom. The second-order valence-corrected chi connectivity index (χ2v) is 17.2. The van der Waals surface area contributed by atoms with Gasteiger partial charge in [0.15, 0.2) is 0 Å². The van der Waals surface area contributed by atoms with Crippen molar-refractivity contribution in [2.75, 3.05) is 39.4 Å². The number of ether oxygens (including phenoxy) is 1. The maximum atomic E-state index is 14.8. The summed E-state index contributed by atoms with van der Waals surface area (Å²) in [6, 6.07) is 4.73. The predicted octanol–water partition coefficient (Wildman–Crippen LogP) is 8.05. The molecule has 5 aliphatic carbocycles. The minimum Gasteiger partial charge on any atom is -0.478 e. The number of carboxylic acids is 1. The molecule has 0 bridgehead atoms. The first-order chi connectivity index (χ1) is 21.4. The number of nitrogens with zero attached hydrogens (tertiary/aromatic N) is 1. The van der Waals surface area contributed by atoms with Gasteiger partial charge in [-0.2, -0.15) is 0 Å². The summed E-state index contributed by atoms with van der Waals surface area (Å²) in [4.78, 5) is 14.1. The van der Waals surface area contributed by atoms with Crippen molar-refractivity contribution in [2.24, 2.45) is 45.3 Å². The normalized spacial score (nSPS) is 42.6. The van der Waals surface area contributed by atoms with Gasteiger partial charge in [0.2, 0.25) is 0 Å². The number of carboxylic acid groups (broad SMARTS) is 1. The van der Waals surface area contributed by atoms with E-state index in [-0.39, 0.29) is 16.4 Å². The highest BCUT2D eigenvalue weighted by molar-refractivity contribution is 5.88. The van der Waals surface area contributed by atoms with Crippen LogP contribution in [0.1, 0.15) is 115 Å². The molecule has 1 aromatic carbocycles. The van der Waals surface area contributed by atoms with Crippen LogP contribution in [0, 0.1) is 51.1 Å². The highest BCUT2D eigenvalue weighted by Gasteiger charge is 2.69. The Bertz CT molecular complexity index is 1350. The lowest BCUT2D eigenvalue weighted by Crippen LogP contribution is -2.67. The molecular weight excluding hydrogens is 563 g/mol. The van der Waals surface area contributed by atoms with Gasteiger partial charge >= 0.3 is 5.97 Å². The van der Waals surface area contributed by atoms with Crippen LogP contribution >= 0.6 is 0 Å². The maximum Gasteiger partial charge on any atom is 0.338 e. The number of morpholine rings is 1. The molecule has 248 valence electrons. The zero-order chi connectivity index (χ0) is 31.8. The van der Waals surface area contributed by atoms with Crippen molar-refractivity contribution in [3.05, 3.63) is 41.2 Å². The Balaban J connectivity index is 1.13. The van der Waals surface area contributed by atoms with Gasteiger partial charge in [-0.05, 0) is 126 Å². The molecule has 0 aromatic heterocycles. The van der Waals surface area contributed by atoms with E-state index in [0.29, 0.717) is 28.2 Å². The Labute approximate surface area is 270 Å². The summed E-state index contributed by atoms with van der Waals surface area (Å²) >= 11 is 0. The van der Waals surface area contributed by atoms with Gasteiger partial charge < -0.3 is 15.2 Å².